The van der Waals surface area contributed by atoms with Gasteiger partial charge in [0.2, 0.25) is 0 Å². The highest BCUT2D eigenvalue weighted by molar-refractivity contribution is 5.89. The fourth-order valence-electron chi connectivity index (χ4n) is 4.17. The molecule has 4 rings (SSSR count). The van der Waals surface area contributed by atoms with Crippen LogP contribution in [0, 0.1) is 0 Å². The summed E-state index contributed by atoms with van der Waals surface area (Å²) in [7, 11) is 0. The first kappa shape index (κ1) is 22.5. The maximum atomic E-state index is 14.7. The van der Waals surface area contributed by atoms with E-state index in [2.05, 4.69) is 5.10 Å². The molecule has 1 saturated carbocycles. The van der Waals surface area contributed by atoms with Gasteiger partial charge in [0.05, 0.1) is 29.3 Å². The summed E-state index contributed by atoms with van der Waals surface area (Å²) in [6.45, 7) is 0. The maximum Gasteiger partial charge on any atom is 0.435 e. The molecule has 12 heteroatoms. The van der Waals surface area contributed by atoms with Gasteiger partial charge in [0.15, 0.2) is 18.0 Å². The summed E-state index contributed by atoms with van der Waals surface area (Å²) >= 11 is 0. The van der Waals surface area contributed by atoms with Gasteiger partial charge in [-0.15, -0.1) is 0 Å². The van der Waals surface area contributed by atoms with Crippen molar-refractivity contribution in [1.82, 2.24) is 9.78 Å². The van der Waals surface area contributed by atoms with Gasteiger partial charge in [-0.05, 0) is 12.1 Å². The van der Waals surface area contributed by atoms with Crippen LogP contribution in [0.15, 0.2) is 30.3 Å². The summed E-state index contributed by atoms with van der Waals surface area (Å²) in [6.07, 6.45) is -17.7. The molecule has 2 aliphatic carbocycles. The second-order valence-corrected chi connectivity index (χ2v) is 7.84. The second kappa shape index (κ2) is 7.73. The molecule has 1 heterocycles. The first-order valence-electron chi connectivity index (χ1n) is 9.64. The lowest BCUT2D eigenvalue weighted by atomic mass is 9.90. The van der Waals surface area contributed by atoms with Crippen molar-refractivity contribution in [3.63, 3.8) is 0 Å². The highest BCUT2D eigenvalue weighted by Gasteiger charge is 2.58. The largest absolute Gasteiger partial charge is 0.447 e. The van der Waals surface area contributed by atoms with E-state index in [-0.39, 0.29) is 5.56 Å². The summed E-state index contributed by atoms with van der Waals surface area (Å²) < 4.78 is 117. The number of aromatic nitrogens is 2. The lowest BCUT2D eigenvalue weighted by Gasteiger charge is -2.31. The Balaban J connectivity index is 1.76. The second-order valence-electron chi connectivity index (χ2n) is 7.84. The minimum Gasteiger partial charge on any atom is -0.447 e. The van der Waals surface area contributed by atoms with Crippen molar-refractivity contribution >= 4 is 5.97 Å². The lowest BCUT2D eigenvalue weighted by Crippen LogP contribution is -2.39. The van der Waals surface area contributed by atoms with Crippen LogP contribution in [0.25, 0.3) is 0 Å². The molecule has 174 valence electrons. The van der Waals surface area contributed by atoms with Crippen molar-refractivity contribution in [3.05, 3.63) is 52.8 Å². The van der Waals surface area contributed by atoms with Crippen LogP contribution in [0.4, 0.5) is 35.1 Å². The topological polar surface area (TPSA) is 44.1 Å². The van der Waals surface area contributed by atoms with E-state index in [9.17, 15) is 39.9 Å². The van der Waals surface area contributed by atoms with Gasteiger partial charge in [0.1, 0.15) is 12.3 Å². The maximum absolute atomic E-state index is 14.7. The first-order chi connectivity index (χ1) is 14.9. The monoisotopic (exact) mass is 468 g/mol. The van der Waals surface area contributed by atoms with Crippen LogP contribution >= 0.6 is 0 Å². The van der Waals surface area contributed by atoms with Gasteiger partial charge in [-0.2, -0.15) is 18.3 Å². The molecule has 2 aromatic rings. The van der Waals surface area contributed by atoms with E-state index in [1.807, 2.05) is 0 Å². The van der Waals surface area contributed by atoms with E-state index < -0.39 is 84.9 Å². The molecule has 1 aromatic carbocycles. The molecule has 0 spiro atoms. The van der Waals surface area contributed by atoms with Gasteiger partial charge < -0.3 is 4.74 Å². The van der Waals surface area contributed by atoms with E-state index in [0.717, 1.165) is 0 Å². The van der Waals surface area contributed by atoms with Crippen molar-refractivity contribution in [1.29, 1.82) is 0 Å². The Morgan fingerprint density at radius 1 is 1.06 bits per heavy atom. The van der Waals surface area contributed by atoms with Crippen LogP contribution < -0.4 is 0 Å². The molecule has 4 nitrogen and oxygen atoms in total. The zero-order chi connectivity index (χ0) is 23.4. The van der Waals surface area contributed by atoms with Crippen molar-refractivity contribution in [2.75, 3.05) is 0 Å². The Hall–Kier alpha value is -2.66. The predicted octanol–water partition coefficient (Wildman–Crippen LogP) is 5.34. The fraction of sp³-hybridized carbons (Fsp3) is 0.500. The number of halogens is 8. The minimum absolute atomic E-state index is 0.153. The lowest BCUT2D eigenvalue weighted by molar-refractivity contribution is -0.147. The summed E-state index contributed by atoms with van der Waals surface area (Å²) in [5.41, 5.74) is -3.59. The fourth-order valence-corrected chi connectivity index (χ4v) is 4.17. The predicted molar refractivity (Wildman–Crippen MR) is 93.4 cm³/mol. The van der Waals surface area contributed by atoms with Crippen LogP contribution in [-0.4, -0.2) is 40.2 Å². The zero-order valence-corrected chi connectivity index (χ0v) is 16.1. The van der Waals surface area contributed by atoms with Crippen LogP contribution in [0.5, 0.6) is 0 Å². The van der Waals surface area contributed by atoms with E-state index in [1.165, 1.54) is 30.3 Å². The van der Waals surface area contributed by atoms with E-state index in [4.69, 9.17) is 4.74 Å². The summed E-state index contributed by atoms with van der Waals surface area (Å²) in [5.74, 6) is -5.20. The van der Waals surface area contributed by atoms with Crippen LogP contribution in [-0.2, 0) is 17.3 Å². The van der Waals surface area contributed by atoms with Crippen molar-refractivity contribution in [2.24, 2.45) is 0 Å². The third kappa shape index (κ3) is 3.83. The number of esters is 1. The average molecular weight is 468 g/mol. The number of alkyl halides is 8. The summed E-state index contributed by atoms with van der Waals surface area (Å²) in [4.78, 5) is 12.3. The van der Waals surface area contributed by atoms with E-state index >= 15 is 0 Å². The van der Waals surface area contributed by atoms with Gasteiger partial charge >= 0.3 is 12.1 Å². The molecule has 2 aliphatic rings. The van der Waals surface area contributed by atoms with E-state index in [1.54, 1.807) is 0 Å². The molecule has 0 unspecified atom stereocenters. The number of nitrogens with zero attached hydrogens (tertiary/aromatic N) is 2. The number of ether oxygens (including phenoxy) is 1. The molecule has 0 aliphatic heterocycles. The minimum atomic E-state index is -5.21. The third-order valence-electron chi connectivity index (χ3n) is 5.63. The number of carbonyl (C=O) groups excluding carboxylic acids is 1. The molecule has 1 fully saturated rings. The molecule has 0 N–H and O–H groups in total. The molecule has 0 saturated heterocycles. The first-order valence-corrected chi connectivity index (χ1v) is 9.64. The molecule has 0 amide bonds. The average Bonchev–Trinajstić information content (AvgIpc) is 3.19. The van der Waals surface area contributed by atoms with Gasteiger partial charge in [-0.25, -0.2) is 26.7 Å². The number of benzene rings is 1. The van der Waals surface area contributed by atoms with Crippen LogP contribution in [0.3, 0.4) is 0 Å². The number of carbonyl (C=O) groups is 1. The molecule has 0 radical (unpaired) electrons. The van der Waals surface area contributed by atoms with Crippen molar-refractivity contribution in [2.45, 2.75) is 62.0 Å². The zero-order valence-electron chi connectivity index (χ0n) is 16.1. The number of fused-ring (bicyclic) bond motifs is 1. The Bertz CT molecular complexity index is 995. The molecular weight excluding hydrogens is 452 g/mol. The third-order valence-corrected chi connectivity index (χ3v) is 5.63. The molecule has 5 atom stereocenters. The number of rotatable bonds is 3. The molecule has 0 bridgehead atoms. The Morgan fingerprint density at radius 2 is 1.66 bits per heavy atom. The summed E-state index contributed by atoms with van der Waals surface area (Å²) in [5, 5.41) is 3.33. The smallest absolute Gasteiger partial charge is 0.435 e. The number of hydrogen-bond acceptors (Lipinski definition) is 3. The highest BCUT2D eigenvalue weighted by atomic mass is 19.4. The van der Waals surface area contributed by atoms with Crippen LogP contribution in [0.1, 0.15) is 52.3 Å². The molecule has 32 heavy (non-hydrogen) atoms. The van der Waals surface area contributed by atoms with Gasteiger partial charge in [-0.3, -0.25) is 4.68 Å². The Morgan fingerprint density at radius 3 is 2.22 bits per heavy atom. The molecule has 1 aromatic heterocycles. The number of hydrogen-bond donors (Lipinski definition) is 0. The van der Waals surface area contributed by atoms with Crippen molar-refractivity contribution < 1.29 is 44.7 Å². The highest BCUT2D eigenvalue weighted by Crippen LogP contribution is 2.51. The summed E-state index contributed by atoms with van der Waals surface area (Å²) in [6, 6.07) is 5.43. The Labute approximate surface area is 176 Å². The van der Waals surface area contributed by atoms with Crippen LogP contribution in [0.2, 0.25) is 0 Å². The van der Waals surface area contributed by atoms with Gasteiger partial charge in [0, 0.05) is 12.8 Å². The quantitative estimate of drug-likeness (QED) is 0.451. The SMILES string of the molecule is O=C(O[C@H]1c2c(C(F)(F)F)nn([C@@H]3C[C@@H](F)[C@@H](F)[C@@H](F)C3)c2CC1(F)F)c1ccccc1. The van der Waals surface area contributed by atoms with E-state index in [0.29, 0.717) is 4.68 Å². The van der Waals surface area contributed by atoms with Crippen molar-refractivity contribution in [3.8, 4) is 0 Å². The Kier molecular flexibility index (Phi) is 5.44. The normalized spacial score (nSPS) is 29.6. The van der Waals surface area contributed by atoms with Gasteiger partial charge in [-0.1, -0.05) is 18.2 Å². The standard InChI is InChI=1S/C20H16F8N2O2/c21-11-6-10(7-12(22)15(11)23)30-13-8-19(24,25)17(14(13)16(29-30)20(26,27)28)32-18(31)9-4-2-1-3-5-9/h1-5,10-12,15,17H,6-8H2/t10-,11-,12+,15-,17-/m0/s1. The molecular formula is C20H16F8N2O2. The van der Waals surface area contributed by atoms with Gasteiger partial charge in [0.25, 0.3) is 5.92 Å².